The van der Waals surface area contributed by atoms with Crippen molar-refractivity contribution in [2.45, 2.75) is 45.5 Å². The predicted octanol–water partition coefficient (Wildman–Crippen LogP) is 3.22. The number of rotatable bonds is 14. The molecular formula is C29H37N6O9P. The number of carbonyl (C=O) groups excluding carboxylic acids is 3. The Bertz CT molecular complexity index is 1590. The lowest BCUT2D eigenvalue weighted by Crippen LogP contribution is -2.53. The Morgan fingerprint density at radius 2 is 1.67 bits per heavy atom. The fourth-order valence-electron chi connectivity index (χ4n) is 4.00. The normalized spacial score (nSPS) is 14.7. The average Bonchev–Trinajstić information content (AvgIpc) is 3.45. The number of aromatic nitrogens is 3. The average molecular weight is 645 g/mol. The van der Waals surface area contributed by atoms with Crippen LogP contribution in [0, 0.1) is 23.2 Å². The second kappa shape index (κ2) is 15.0. The summed E-state index contributed by atoms with van der Waals surface area (Å²) in [5, 5.41) is 14.7. The Kier molecular flexibility index (Phi) is 11.6. The van der Waals surface area contributed by atoms with Crippen LogP contribution < -0.4 is 10.3 Å². The van der Waals surface area contributed by atoms with E-state index in [0.717, 1.165) is 0 Å². The molecule has 0 aliphatic carbocycles. The third-order valence-electron chi connectivity index (χ3n) is 6.63. The number of hydrogen-bond acceptors (Lipinski definition) is 13. The van der Waals surface area contributed by atoms with E-state index in [9.17, 15) is 24.2 Å². The van der Waals surface area contributed by atoms with Gasteiger partial charge >= 0.3 is 20.2 Å². The maximum atomic E-state index is 13.0. The molecule has 4 atom stereocenters. The number of carbonyl (C=O) groups is 3. The number of nitrogens with two attached hydrogens (primary N) is 1. The van der Waals surface area contributed by atoms with Crippen LogP contribution in [-0.2, 0) is 32.9 Å². The van der Waals surface area contributed by atoms with Gasteiger partial charge in [-0.25, -0.2) is 14.1 Å². The van der Waals surface area contributed by atoms with Crippen molar-refractivity contribution < 1.29 is 42.2 Å². The van der Waals surface area contributed by atoms with E-state index in [1.54, 1.807) is 47.9 Å². The Morgan fingerprint density at radius 3 is 2.22 bits per heavy atom. The summed E-state index contributed by atoms with van der Waals surface area (Å²) in [7, 11) is 1.04. The minimum absolute atomic E-state index is 0.123. The van der Waals surface area contributed by atoms with Crippen molar-refractivity contribution in [2.75, 3.05) is 33.5 Å². The summed E-state index contributed by atoms with van der Waals surface area (Å²) < 4.78 is 42.4. The van der Waals surface area contributed by atoms with E-state index in [4.69, 9.17) is 29.0 Å². The van der Waals surface area contributed by atoms with Gasteiger partial charge in [-0.2, -0.15) is 10.4 Å². The van der Waals surface area contributed by atoms with E-state index < -0.39 is 56.4 Å². The van der Waals surface area contributed by atoms with E-state index >= 15 is 0 Å². The van der Waals surface area contributed by atoms with Gasteiger partial charge in [0.15, 0.2) is 18.0 Å². The number of benzene rings is 1. The smallest absolute Gasteiger partial charge is 0.367 e. The molecule has 45 heavy (non-hydrogen) atoms. The largest absolute Gasteiger partial charge is 0.453 e. The van der Waals surface area contributed by atoms with Crippen molar-refractivity contribution in [3.8, 4) is 11.8 Å². The molecule has 0 saturated carbocycles. The molecule has 1 amide bonds. The Hall–Kier alpha value is -4.51. The van der Waals surface area contributed by atoms with Crippen molar-refractivity contribution in [3.05, 3.63) is 54.0 Å². The molecule has 2 unspecified atom stereocenters. The van der Waals surface area contributed by atoms with Gasteiger partial charge < -0.3 is 29.4 Å². The van der Waals surface area contributed by atoms with Gasteiger partial charge in [0.2, 0.25) is 5.60 Å². The molecule has 3 aromatic rings. The monoisotopic (exact) mass is 644 g/mol. The number of fused-ring (bicyclic) bond motifs is 1. The van der Waals surface area contributed by atoms with Gasteiger partial charge in [-0.1, -0.05) is 27.7 Å². The SMILES string of the molecule is COC(C#N)(CO[PH](=O)Oc1ccc(C(=O)N(C)C)cc1)[C@@H](OC(=O)C(C)C)[C@@H](OC(=O)C(C)C)c1ccc2c(N)ncnn12. The number of esters is 2. The summed E-state index contributed by atoms with van der Waals surface area (Å²) in [6.07, 6.45) is -1.95. The van der Waals surface area contributed by atoms with Gasteiger partial charge in [0.1, 0.15) is 30.3 Å². The second-order valence-corrected chi connectivity index (χ2v) is 11.8. The standard InChI is InChI=1S/C29H37N6O9P/c1-17(2)27(37)42-23(21-12-13-22-25(31)32-16-33-35(21)22)24(43-28(38)18(3)4)29(14-30,40-7)15-41-45(39)44-20-10-8-19(9-11-20)26(36)34(5)6/h8-13,16-18,23-24,45H,15H2,1-7H3,(H2,31,32,33)/t23-,24-,29?/m0/s1. The van der Waals surface area contributed by atoms with Crippen LogP contribution in [0.4, 0.5) is 5.82 Å². The Morgan fingerprint density at radius 1 is 1.04 bits per heavy atom. The number of nitriles is 1. The molecule has 0 spiro atoms. The first kappa shape index (κ1) is 35.0. The van der Waals surface area contributed by atoms with Crippen molar-refractivity contribution in [1.29, 1.82) is 5.26 Å². The van der Waals surface area contributed by atoms with Gasteiger partial charge in [0.25, 0.3) is 5.91 Å². The molecule has 242 valence electrons. The molecule has 0 aliphatic rings. The lowest BCUT2D eigenvalue weighted by atomic mass is 9.92. The topological polar surface area (TPSA) is 198 Å². The fourth-order valence-corrected chi connectivity index (χ4v) is 4.72. The van der Waals surface area contributed by atoms with Crippen LogP contribution in [0.25, 0.3) is 5.52 Å². The first-order valence-corrected chi connectivity index (χ1v) is 15.1. The summed E-state index contributed by atoms with van der Waals surface area (Å²) >= 11 is 0. The molecular weight excluding hydrogens is 607 g/mol. The van der Waals surface area contributed by atoms with Gasteiger partial charge in [-0.3, -0.25) is 18.9 Å². The highest BCUT2D eigenvalue weighted by Gasteiger charge is 2.51. The van der Waals surface area contributed by atoms with Crippen molar-refractivity contribution in [2.24, 2.45) is 11.8 Å². The molecule has 15 nitrogen and oxygen atoms in total. The molecule has 3 rings (SSSR count). The number of nitrogen functional groups attached to an aromatic ring is 1. The van der Waals surface area contributed by atoms with Crippen LogP contribution in [0.3, 0.4) is 0 Å². The Balaban J connectivity index is 2.01. The minimum atomic E-state index is -3.34. The summed E-state index contributed by atoms with van der Waals surface area (Å²) in [6.45, 7) is 5.64. The number of ether oxygens (including phenoxy) is 3. The zero-order valence-corrected chi connectivity index (χ0v) is 27.0. The summed E-state index contributed by atoms with van der Waals surface area (Å²) in [5.74, 6) is -2.67. The number of anilines is 1. The number of methoxy groups -OCH3 is 1. The fraction of sp³-hybridized carbons (Fsp3) is 0.448. The van der Waals surface area contributed by atoms with Crippen molar-refractivity contribution in [3.63, 3.8) is 0 Å². The number of amides is 1. The maximum Gasteiger partial charge on any atom is 0.367 e. The van der Waals surface area contributed by atoms with Crippen molar-refractivity contribution in [1.82, 2.24) is 19.5 Å². The quantitative estimate of drug-likeness (QED) is 0.198. The second-order valence-electron chi connectivity index (χ2n) is 10.8. The molecule has 0 saturated heterocycles. The number of nitrogens with zero attached hydrogens (tertiary/aromatic N) is 5. The van der Waals surface area contributed by atoms with Gasteiger partial charge in [0.05, 0.1) is 17.5 Å². The van der Waals surface area contributed by atoms with Gasteiger partial charge in [-0.05, 0) is 36.4 Å². The predicted molar refractivity (Wildman–Crippen MR) is 161 cm³/mol. The molecule has 1 aromatic carbocycles. The van der Waals surface area contributed by atoms with E-state index in [1.165, 1.54) is 53.2 Å². The van der Waals surface area contributed by atoms with E-state index in [1.807, 2.05) is 6.07 Å². The summed E-state index contributed by atoms with van der Waals surface area (Å²) in [6, 6.07) is 10.9. The first-order chi connectivity index (χ1) is 21.2. The molecule has 0 bridgehead atoms. The van der Waals surface area contributed by atoms with E-state index in [0.29, 0.717) is 11.1 Å². The van der Waals surface area contributed by atoms with Crippen LogP contribution in [0.1, 0.15) is 49.9 Å². The highest BCUT2D eigenvalue weighted by molar-refractivity contribution is 7.33. The molecule has 16 heteroatoms. The van der Waals surface area contributed by atoms with Crippen LogP contribution in [-0.4, -0.2) is 76.9 Å². The molecule has 2 aromatic heterocycles. The van der Waals surface area contributed by atoms with Crippen LogP contribution >= 0.6 is 8.25 Å². The molecule has 2 N–H and O–H groups in total. The maximum absolute atomic E-state index is 13.0. The summed E-state index contributed by atoms with van der Waals surface area (Å²) in [5.41, 5.74) is 4.76. The molecule has 0 radical (unpaired) electrons. The zero-order valence-electron chi connectivity index (χ0n) is 26.0. The van der Waals surface area contributed by atoms with Gasteiger partial charge in [-0.15, -0.1) is 0 Å². The lowest BCUT2D eigenvalue weighted by Gasteiger charge is -2.37. The highest BCUT2D eigenvalue weighted by Crippen LogP contribution is 2.38. The third-order valence-corrected chi connectivity index (χ3v) is 7.42. The zero-order chi connectivity index (χ0) is 33.5. The number of hydrogen-bond donors (Lipinski definition) is 1. The van der Waals surface area contributed by atoms with Crippen LogP contribution in [0.2, 0.25) is 0 Å². The van der Waals surface area contributed by atoms with E-state index in [2.05, 4.69) is 10.1 Å². The van der Waals surface area contributed by atoms with Crippen molar-refractivity contribution >= 4 is 37.4 Å². The minimum Gasteiger partial charge on any atom is -0.453 e. The van der Waals surface area contributed by atoms with Crippen LogP contribution in [0.5, 0.6) is 5.75 Å². The highest BCUT2D eigenvalue weighted by atomic mass is 31.1. The van der Waals surface area contributed by atoms with Gasteiger partial charge in [0, 0.05) is 26.8 Å². The van der Waals surface area contributed by atoms with E-state index in [-0.39, 0.29) is 23.2 Å². The first-order valence-electron chi connectivity index (χ1n) is 13.9. The molecule has 0 aliphatic heterocycles. The summed E-state index contributed by atoms with van der Waals surface area (Å²) in [4.78, 5) is 43.5. The lowest BCUT2D eigenvalue weighted by molar-refractivity contribution is -0.197. The third kappa shape index (κ3) is 8.16. The van der Waals surface area contributed by atoms with Crippen LogP contribution in [0.15, 0.2) is 42.7 Å². The Labute approximate surface area is 261 Å². The molecule has 2 heterocycles. The molecule has 0 fully saturated rings.